The summed E-state index contributed by atoms with van der Waals surface area (Å²) in [6, 6.07) is 3.87. The van der Waals surface area contributed by atoms with E-state index < -0.39 is 6.10 Å². The molecule has 2 aliphatic carbocycles. The van der Waals surface area contributed by atoms with Crippen LogP contribution in [0.25, 0.3) is 0 Å². The molecular formula is C18H26O2. The maximum Gasteiger partial charge on any atom is 0.118 e. The van der Waals surface area contributed by atoms with Crippen LogP contribution in [0.1, 0.15) is 62.3 Å². The smallest absolute Gasteiger partial charge is 0.118 e. The molecule has 2 aliphatic rings. The molecule has 0 radical (unpaired) electrons. The predicted octanol–water partition coefficient (Wildman–Crippen LogP) is 4.12. The molecule has 1 aromatic rings. The normalized spacial score (nSPS) is 32.1. The van der Waals surface area contributed by atoms with E-state index in [1.54, 1.807) is 6.07 Å². The third-order valence-corrected chi connectivity index (χ3v) is 5.79. The highest BCUT2D eigenvalue weighted by atomic mass is 16.3. The topological polar surface area (TPSA) is 40.5 Å². The highest BCUT2D eigenvalue weighted by molar-refractivity contribution is 5.43. The zero-order valence-electron chi connectivity index (χ0n) is 12.8. The zero-order chi connectivity index (χ0) is 14.5. The van der Waals surface area contributed by atoms with Crippen LogP contribution >= 0.6 is 0 Å². The molecule has 0 aromatic heterocycles. The fraction of sp³-hybridized carbons (Fsp3) is 0.667. The molecule has 2 nitrogen and oxygen atoms in total. The van der Waals surface area contributed by atoms with Crippen molar-refractivity contribution in [2.45, 2.75) is 59.0 Å². The molecule has 0 amide bonds. The molecule has 0 saturated heterocycles. The lowest BCUT2D eigenvalue weighted by atomic mass is 9.61. The maximum atomic E-state index is 10.9. The fourth-order valence-corrected chi connectivity index (χ4v) is 4.55. The predicted molar refractivity (Wildman–Crippen MR) is 80.7 cm³/mol. The second-order valence-corrected chi connectivity index (χ2v) is 7.47. The molecule has 3 atom stereocenters. The van der Waals surface area contributed by atoms with Crippen LogP contribution in [0, 0.1) is 24.2 Å². The Balaban J connectivity index is 2.03. The SMILES string of the molecule is Cc1cc2c(cc1O)C(O)C1CCCC(C)(C)C1CC2. The number of aromatic hydroxyl groups is 1. The van der Waals surface area contributed by atoms with Crippen molar-refractivity contribution in [2.24, 2.45) is 17.3 Å². The van der Waals surface area contributed by atoms with Crippen LogP contribution in [0.15, 0.2) is 12.1 Å². The molecule has 1 saturated carbocycles. The van der Waals surface area contributed by atoms with Gasteiger partial charge in [-0.15, -0.1) is 0 Å². The summed E-state index contributed by atoms with van der Waals surface area (Å²) < 4.78 is 0. The van der Waals surface area contributed by atoms with Gasteiger partial charge < -0.3 is 10.2 Å². The second kappa shape index (κ2) is 4.77. The quantitative estimate of drug-likeness (QED) is 0.747. The van der Waals surface area contributed by atoms with Gasteiger partial charge in [0.15, 0.2) is 0 Å². The first-order chi connectivity index (χ1) is 9.40. The highest BCUT2D eigenvalue weighted by Gasteiger charge is 2.43. The Bertz CT molecular complexity index is 518. The van der Waals surface area contributed by atoms with Gasteiger partial charge in [0.1, 0.15) is 5.75 Å². The van der Waals surface area contributed by atoms with Gasteiger partial charge in [0.2, 0.25) is 0 Å². The fourth-order valence-electron chi connectivity index (χ4n) is 4.55. The van der Waals surface area contributed by atoms with E-state index in [9.17, 15) is 10.2 Å². The third kappa shape index (κ3) is 2.14. The molecule has 1 fully saturated rings. The average Bonchev–Trinajstić information content (AvgIpc) is 2.51. The van der Waals surface area contributed by atoms with Crippen molar-refractivity contribution in [2.75, 3.05) is 0 Å². The Morgan fingerprint density at radius 3 is 2.70 bits per heavy atom. The van der Waals surface area contributed by atoms with Crippen LogP contribution in [0.4, 0.5) is 0 Å². The summed E-state index contributed by atoms with van der Waals surface area (Å²) in [6.07, 6.45) is 5.36. The lowest BCUT2D eigenvalue weighted by Crippen LogP contribution is -2.37. The van der Waals surface area contributed by atoms with Gasteiger partial charge in [0.25, 0.3) is 0 Å². The second-order valence-electron chi connectivity index (χ2n) is 7.47. The van der Waals surface area contributed by atoms with Gasteiger partial charge in [-0.3, -0.25) is 0 Å². The van der Waals surface area contributed by atoms with Gasteiger partial charge in [0.05, 0.1) is 6.10 Å². The summed E-state index contributed by atoms with van der Waals surface area (Å²) in [5, 5.41) is 20.8. The van der Waals surface area contributed by atoms with Crippen molar-refractivity contribution in [3.8, 4) is 5.75 Å². The van der Waals surface area contributed by atoms with Crippen molar-refractivity contribution < 1.29 is 10.2 Å². The molecule has 0 bridgehead atoms. The highest BCUT2D eigenvalue weighted by Crippen LogP contribution is 2.52. The number of hydrogen-bond acceptors (Lipinski definition) is 2. The lowest BCUT2D eigenvalue weighted by molar-refractivity contribution is -0.0132. The Morgan fingerprint density at radius 1 is 1.20 bits per heavy atom. The molecule has 110 valence electrons. The Kier molecular flexibility index (Phi) is 3.32. The standard InChI is InChI=1S/C18H26O2/c1-11-9-12-6-7-15-13(5-4-8-18(15,2)3)17(20)14(12)10-16(11)19/h9-10,13,15,17,19-20H,4-8H2,1-3H3. The summed E-state index contributed by atoms with van der Waals surface area (Å²) in [4.78, 5) is 0. The van der Waals surface area contributed by atoms with E-state index in [0.717, 1.165) is 30.4 Å². The minimum absolute atomic E-state index is 0.316. The number of aliphatic hydroxyl groups is 1. The van der Waals surface area contributed by atoms with Crippen LogP contribution in [0.2, 0.25) is 0 Å². The Hall–Kier alpha value is -1.02. The van der Waals surface area contributed by atoms with Crippen molar-refractivity contribution >= 4 is 0 Å². The lowest BCUT2D eigenvalue weighted by Gasteiger charge is -2.45. The van der Waals surface area contributed by atoms with E-state index >= 15 is 0 Å². The number of hydrogen-bond donors (Lipinski definition) is 2. The molecule has 20 heavy (non-hydrogen) atoms. The number of rotatable bonds is 0. The zero-order valence-corrected chi connectivity index (χ0v) is 12.8. The molecule has 3 rings (SSSR count). The average molecular weight is 274 g/mol. The van der Waals surface area contributed by atoms with Crippen LogP contribution in [0.3, 0.4) is 0 Å². The van der Waals surface area contributed by atoms with Crippen LogP contribution in [-0.2, 0) is 6.42 Å². The van der Waals surface area contributed by atoms with E-state index in [0.29, 0.717) is 23.0 Å². The summed E-state index contributed by atoms with van der Waals surface area (Å²) in [6.45, 7) is 6.65. The van der Waals surface area contributed by atoms with E-state index in [4.69, 9.17) is 0 Å². The van der Waals surface area contributed by atoms with E-state index in [1.165, 1.54) is 18.4 Å². The van der Waals surface area contributed by atoms with E-state index in [-0.39, 0.29) is 0 Å². The van der Waals surface area contributed by atoms with Gasteiger partial charge >= 0.3 is 0 Å². The summed E-state index contributed by atoms with van der Waals surface area (Å²) in [5.74, 6) is 1.25. The molecule has 1 aromatic carbocycles. The molecule has 0 aliphatic heterocycles. The van der Waals surface area contributed by atoms with E-state index in [2.05, 4.69) is 19.9 Å². The molecule has 3 unspecified atom stereocenters. The van der Waals surface area contributed by atoms with Crippen molar-refractivity contribution in [3.05, 3.63) is 28.8 Å². The van der Waals surface area contributed by atoms with Crippen molar-refractivity contribution in [1.82, 2.24) is 0 Å². The van der Waals surface area contributed by atoms with Gasteiger partial charge in [0, 0.05) is 0 Å². The van der Waals surface area contributed by atoms with Gasteiger partial charge in [-0.05, 0) is 72.6 Å². The minimum Gasteiger partial charge on any atom is -0.508 e. The molecule has 2 heteroatoms. The first kappa shape index (κ1) is 13.9. The van der Waals surface area contributed by atoms with Crippen LogP contribution < -0.4 is 0 Å². The monoisotopic (exact) mass is 274 g/mol. The first-order valence-electron chi connectivity index (χ1n) is 7.90. The largest absolute Gasteiger partial charge is 0.508 e. The Morgan fingerprint density at radius 2 is 1.95 bits per heavy atom. The first-order valence-corrected chi connectivity index (χ1v) is 7.90. The van der Waals surface area contributed by atoms with Gasteiger partial charge in [-0.1, -0.05) is 26.3 Å². The number of aryl methyl sites for hydroxylation is 2. The molecular weight excluding hydrogens is 248 g/mol. The number of phenolic OH excluding ortho intramolecular Hbond substituents is 1. The molecule has 0 spiro atoms. The van der Waals surface area contributed by atoms with Gasteiger partial charge in [-0.25, -0.2) is 0 Å². The van der Waals surface area contributed by atoms with Gasteiger partial charge in [-0.2, -0.15) is 0 Å². The van der Waals surface area contributed by atoms with E-state index in [1.807, 2.05) is 6.92 Å². The number of phenols is 1. The third-order valence-electron chi connectivity index (χ3n) is 5.79. The Labute approximate surface area is 121 Å². The van der Waals surface area contributed by atoms with Crippen molar-refractivity contribution in [3.63, 3.8) is 0 Å². The molecule has 2 N–H and O–H groups in total. The summed E-state index contributed by atoms with van der Waals surface area (Å²) in [5.41, 5.74) is 3.44. The number of aliphatic hydroxyl groups excluding tert-OH is 1. The number of benzene rings is 1. The minimum atomic E-state index is -0.413. The van der Waals surface area contributed by atoms with Crippen LogP contribution in [0.5, 0.6) is 5.75 Å². The molecule has 0 heterocycles. The number of fused-ring (bicyclic) bond motifs is 2. The van der Waals surface area contributed by atoms with Crippen molar-refractivity contribution in [1.29, 1.82) is 0 Å². The summed E-state index contributed by atoms with van der Waals surface area (Å²) >= 11 is 0. The van der Waals surface area contributed by atoms with Crippen LogP contribution in [-0.4, -0.2) is 10.2 Å². The maximum absolute atomic E-state index is 10.9. The summed E-state index contributed by atoms with van der Waals surface area (Å²) in [7, 11) is 0.